The summed E-state index contributed by atoms with van der Waals surface area (Å²) in [6, 6.07) is 18.9. The van der Waals surface area contributed by atoms with Crippen LogP contribution in [0.5, 0.6) is 5.75 Å². The monoisotopic (exact) mass is 401 g/mol. The average molecular weight is 401 g/mol. The highest BCUT2D eigenvalue weighted by molar-refractivity contribution is 6.13. The zero-order chi connectivity index (χ0) is 21.3. The number of aromatic nitrogens is 1. The largest absolute Gasteiger partial charge is 0.497 e. The first-order valence-corrected chi connectivity index (χ1v) is 9.70. The van der Waals surface area contributed by atoms with Gasteiger partial charge in [-0.2, -0.15) is 0 Å². The molecule has 0 atom stereocenters. The van der Waals surface area contributed by atoms with Gasteiger partial charge in [0.05, 0.1) is 13.7 Å². The quantitative estimate of drug-likeness (QED) is 0.515. The molecule has 2 aromatic carbocycles. The highest BCUT2D eigenvalue weighted by atomic mass is 16.5. The normalized spacial score (nSPS) is 15.0. The average Bonchev–Trinajstić information content (AvgIpc) is 3.18. The lowest BCUT2D eigenvalue weighted by atomic mass is 10.2. The van der Waals surface area contributed by atoms with Crippen LogP contribution < -0.4 is 10.1 Å². The number of imide groups is 1. The van der Waals surface area contributed by atoms with Crippen molar-refractivity contribution in [3.8, 4) is 11.4 Å². The number of aryl methyl sites for hydroxylation is 1. The highest BCUT2D eigenvalue weighted by Crippen LogP contribution is 2.25. The Morgan fingerprint density at radius 1 is 1.00 bits per heavy atom. The van der Waals surface area contributed by atoms with Crippen molar-refractivity contribution in [2.24, 2.45) is 0 Å². The van der Waals surface area contributed by atoms with Crippen LogP contribution in [0.4, 0.5) is 4.79 Å². The molecule has 1 aliphatic rings. The number of hydrogen-bond donors (Lipinski definition) is 1. The second kappa shape index (κ2) is 7.91. The van der Waals surface area contributed by atoms with E-state index in [1.807, 2.05) is 74.5 Å². The molecule has 1 aromatic heterocycles. The van der Waals surface area contributed by atoms with Crippen LogP contribution in [-0.2, 0) is 11.3 Å². The number of rotatable bonds is 5. The molecule has 0 aliphatic carbocycles. The Balaban J connectivity index is 1.62. The van der Waals surface area contributed by atoms with E-state index in [1.54, 1.807) is 13.2 Å². The molecule has 6 heteroatoms. The second-order valence-electron chi connectivity index (χ2n) is 7.22. The Morgan fingerprint density at radius 2 is 1.70 bits per heavy atom. The molecule has 1 N–H and O–H groups in total. The van der Waals surface area contributed by atoms with Crippen LogP contribution in [0.3, 0.4) is 0 Å². The van der Waals surface area contributed by atoms with Gasteiger partial charge < -0.3 is 14.6 Å². The minimum Gasteiger partial charge on any atom is -0.497 e. The number of urea groups is 1. The molecule has 3 aromatic rings. The number of benzene rings is 2. The Morgan fingerprint density at radius 3 is 2.37 bits per heavy atom. The topological polar surface area (TPSA) is 63.6 Å². The second-order valence-corrected chi connectivity index (χ2v) is 7.22. The van der Waals surface area contributed by atoms with E-state index in [-0.39, 0.29) is 18.1 Å². The van der Waals surface area contributed by atoms with Crippen LogP contribution >= 0.6 is 0 Å². The van der Waals surface area contributed by atoms with Crippen molar-refractivity contribution in [2.75, 3.05) is 7.11 Å². The molecule has 0 unspecified atom stereocenters. The zero-order valence-electron chi connectivity index (χ0n) is 17.2. The van der Waals surface area contributed by atoms with E-state index in [9.17, 15) is 9.59 Å². The molecular formula is C24H23N3O3. The Kier molecular flexibility index (Phi) is 5.14. The summed E-state index contributed by atoms with van der Waals surface area (Å²) in [7, 11) is 1.64. The minimum atomic E-state index is -0.404. The first kappa shape index (κ1) is 19.5. The number of nitrogens with zero attached hydrogens (tertiary/aromatic N) is 2. The van der Waals surface area contributed by atoms with Gasteiger partial charge in [-0.15, -0.1) is 0 Å². The fourth-order valence-corrected chi connectivity index (χ4v) is 3.70. The molecule has 1 fully saturated rings. The lowest BCUT2D eigenvalue weighted by Crippen LogP contribution is -2.30. The number of methoxy groups -OCH3 is 1. The van der Waals surface area contributed by atoms with Crippen LogP contribution in [0.25, 0.3) is 11.8 Å². The number of ether oxygens (including phenoxy) is 1. The Hall–Kier alpha value is -3.80. The molecule has 0 radical (unpaired) electrons. The summed E-state index contributed by atoms with van der Waals surface area (Å²) in [4.78, 5) is 26.4. The zero-order valence-corrected chi connectivity index (χ0v) is 17.2. The van der Waals surface area contributed by atoms with Gasteiger partial charge in [0, 0.05) is 17.1 Å². The molecule has 30 heavy (non-hydrogen) atoms. The number of hydrogen-bond acceptors (Lipinski definition) is 3. The van der Waals surface area contributed by atoms with Gasteiger partial charge in [0.1, 0.15) is 11.4 Å². The molecule has 1 saturated heterocycles. The van der Waals surface area contributed by atoms with Crippen molar-refractivity contribution in [2.45, 2.75) is 20.4 Å². The third kappa shape index (κ3) is 3.59. The summed E-state index contributed by atoms with van der Waals surface area (Å²) >= 11 is 0. The molecule has 6 nitrogen and oxygen atoms in total. The smallest absolute Gasteiger partial charge is 0.329 e. The Labute approximate surface area is 175 Å². The first-order chi connectivity index (χ1) is 14.5. The fourth-order valence-electron chi connectivity index (χ4n) is 3.70. The summed E-state index contributed by atoms with van der Waals surface area (Å²) in [5, 5.41) is 2.71. The van der Waals surface area contributed by atoms with Crippen LogP contribution in [0.1, 0.15) is 22.5 Å². The summed E-state index contributed by atoms with van der Waals surface area (Å²) in [6.07, 6.45) is 1.74. The van der Waals surface area contributed by atoms with Gasteiger partial charge in [0.15, 0.2) is 0 Å². The third-order valence-electron chi connectivity index (χ3n) is 5.25. The van der Waals surface area contributed by atoms with Gasteiger partial charge in [-0.1, -0.05) is 30.3 Å². The molecule has 1 aliphatic heterocycles. The van der Waals surface area contributed by atoms with E-state index < -0.39 is 6.03 Å². The molecule has 2 heterocycles. The van der Waals surface area contributed by atoms with Crippen molar-refractivity contribution < 1.29 is 14.3 Å². The van der Waals surface area contributed by atoms with E-state index >= 15 is 0 Å². The predicted molar refractivity (Wildman–Crippen MR) is 115 cm³/mol. The fraction of sp³-hybridized carbons (Fsp3) is 0.167. The van der Waals surface area contributed by atoms with Gasteiger partial charge in [0.25, 0.3) is 5.91 Å². The number of carbonyl (C=O) groups is 2. The van der Waals surface area contributed by atoms with Crippen molar-refractivity contribution in [1.82, 2.24) is 14.8 Å². The Bertz CT molecular complexity index is 1130. The standard InChI is InChI=1S/C24H23N3O3/c1-16-13-19(17(2)27(16)20-9-11-21(30-3)12-10-20)14-22-23(28)26(24(29)25-22)15-18-7-5-4-6-8-18/h4-14H,15H2,1-3H3,(H,25,29)/b22-14-. The van der Waals surface area contributed by atoms with Crippen molar-refractivity contribution in [3.63, 3.8) is 0 Å². The summed E-state index contributed by atoms with van der Waals surface area (Å²) in [6.45, 7) is 4.25. The summed E-state index contributed by atoms with van der Waals surface area (Å²) < 4.78 is 7.34. The van der Waals surface area contributed by atoms with Crippen molar-refractivity contribution in [1.29, 1.82) is 0 Å². The number of nitrogens with one attached hydrogen (secondary N) is 1. The lowest BCUT2D eigenvalue weighted by Gasteiger charge is -2.11. The van der Waals surface area contributed by atoms with E-state index in [0.717, 1.165) is 34.0 Å². The van der Waals surface area contributed by atoms with E-state index in [0.29, 0.717) is 0 Å². The molecule has 0 bridgehead atoms. The van der Waals surface area contributed by atoms with Gasteiger partial charge in [-0.25, -0.2) is 4.79 Å². The maximum atomic E-state index is 12.8. The van der Waals surface area contributed by atoms with Crippen LogP contribution in [-0.4, -0.2) is 28.5 Å². The van der Waals surface area contributed by atoms with Gasteiger partial charge in [0.2, 0.25) is 0 Å². The predicted octanol–water partition coefficient (Wildman–Crippen LogP) is 4.20. The summed E-state index contributed by atoms with van der Waals surface area (Å²) in [5.41, 5.74) is 5.08. The number of carbonyl (C=O) groups excluding carboxylic acids is 2. The minimum absolute atomic E-state index is 0.244. The molecule has 3 amide bonds. The molecule has 152 valence electrons. The van der Waals surface area contributed by atoms with E-state index in [4.69, 9.17) is 4.74 Å². The van der Waals surface area contributed by atoms with Gasteiger partial charge in [-0.3, -0.25) is 9.69 Å². The van der Waals surface area contributed by atoms with Crippen molar-refractivity contribution >= 4 is 18.0 Å². The molecule has 4 rings (SSSR count). The SMILES string of the molecule is COc1ccc(-n2c(C)cc(/C=C3\NC(=O)N(Cc4ccccc4)C3=O)c2C)cc1. The summed E-state index contributed by atoms with van der Waals surface area (Å²) in [5.74, 6) is 0.472. The first-order valence-electron chi connectivity index (χ1n) is 9.70. The number of amides is 3. The van der Waals surface area contributed by atoms with Crippen LogP contribution in [0.15, 0.2) is 66.4 Å². The van der Waals surface area contributed by atoms with Gasteiger partial charge in [-0.05, 0) is 61.4 Å². The van der Waals surface area contributed by atoms with Crippen LogP contribution in [0, 0.1) is 13.8 Å². The van der Waals surface area contributed by atoms with Crippen molar-refractivity contribution in [3.05, 3.63) is 88.9 Å². The maximum absolute atomic E-state index is 12.8. The van der Waals surface area contributed by atoms with Crippen LogP contribution in [0.2, 0.25) is 0 Å². The lowest BCUT2D eigenvalue weighted by molar-refractivity contribution is -0.123. The van der Waals surface area contributed by atoms with E-state index in [2.05, 4.69) is 9.88 Å². The molecule has 0 spiro atoms. The van der Waals surface area contributed by atoms with Gasteiger partial charge >= 0.3 is 6.03 Å². The third-order valence-corrected chi connectivity index (χ3v) is 5.25. The van der Waals surface area contributed by atoms with E-state index in [1.165, 1.54) is 4.90 Å². The molecule has 0 saturated carbocycles. The molecular weight excluding hydrogens is 378 g/mol. The maximum Gasteiger partial charge on any atom is 0.329 e. The highest BCUT2D eigenvalue weighted by Gasteiger charge is 2.33.